The molecule has 0 aliphatic heterocycles. The van der Waals surface area contributed by atoms with Crippen LogP contribution >= 0.6 is 0 Å². The van der Waals surface area contributed by atoms with Crippen LogP contribution in [0.5, 0.6) is 0 Å². The Morgan fingerprint density at radius 2 is 1.71 bits per heavy atom. The number of halogens is 1. The lowest BCUT2D eigenvalue weighted by Crippen LogP contribution is -3.02. The van der Waals surface area contributed by atoms with Crippen LogP contribution in [0, 0.1) is 0 Å². The number of carbonyl (C=O) groups is 1. The van der Waals surface area contributed by atoms with Gasteiger partial charge in [-0.05, 0) is 20.0 Å². The molecular weight excluding hydrogens is 200 g/mol. The molecule has 0 saturated carbocycles. The van der Waals surface area contributed by atoms with E-state index in [1.807, 2.05) is 6.92 Å². The van der Waals surface area contributed by atoms with Gasteiger partial charge in [0, 0.05) is 5.57 Å². The largest absolute Gasteiger partial charge is 1.00 e. The zero-order valence-electron chi connectivity index (χ0n) is 9.65. The van der Waals surface area contributed by atoms with Crippen LogP contribution < -0.4 is 22.6 Å². The van der Waals surface area contributed by atoms with Crippen molar-refractivity contribution in [2.75, 3.05) is 21.1 Å². The molecule has 0 aromatic carbocycles. The van der Waals surface area contributed by atoms with Gasteiger partial charge in [0.05, 0.1) is 21.1 Å². The molecule has 0 aliphatic rings. The van der Waals surface area contributed by atoms with Gasteiger partial charge in [-0.15, -0.1) is 0 Å². The predicted octanol–water partition coefficient (Wildman–Crippen LogP) is -3.02. The summed E-state index contributed by atoms with van der Waals surface area (Å²) in [5.74, 6) is -0.131. The molecule has 0 atom stereocenters. The molecule has 0 aliphatic carbocycles. The Labute approximate surface area is 93.3 Å². The Balaban J connectivity index is -0.000000209. The predicted molar refractivity (Wildman–Crippen MR) is 56.5 cm³/mol. The van der Waals surface area contributed by atoms with E-state index < -0.39 is 0 Å². The van der Waals surface area contributed by atoms with Crippen LogP contribution in [0.2, 0.25) is 0 Å². The second-order valence-electron chi connectivity index (χ2n) is 3.25. The van der Waals surface area contributed by atoms with Crippen molar-refractivity contribution < 1.29 is 22.1 Å². The second kappa shape index (κ2) is 12.2. The van der Waals surface area contributed by atoms with Crippen LogP contribution in [-0.2, 0) is 4.79 Å². The van der Waals surface area contributed by atoms with Crippen molar-refractivity contribution in [3.63, 3.8) is 0 Å². The molecule has 0 radical (unpaired) electrons. The number of rotatable bonds is 2. The van der Waals surface area contributed by atoms with E-state index in [9.17, 15) is 4.79 Å². The zero-order valence-corrected chi connectivity index (χ0v) is 10.4. The minimum atomic E-state index is -0.131. The molecule has 0 fully saturated rings. The average Bonchev–Trinajstić information content (AvgIpc) is 1.98. The van der Waals surface area contributed by atoms with Crippen LogP contribution in [0.4, 0.5) is 0 Å². The van der Waals surface area contributed by atoms with Gasteiger partial charge in [-0.3, -0.25) is 4.79 Å². The van der Waals surface area contributed by atoms with E-state index in [1.54, 1.807) is 19.2 Å². The standard InChI is InChI=1S/C7H11NO.C3H9N.ClH/c1-4-5-8-7(9)6(2)3;1-4(2)3;/h4-5H,2H2,1,3H3,(H,8,9);1-3H3;1H. The van der Waals surface area contributed by atoms with E-state index >= 15 is 0 Å². The smallest absolute Gasteiger partial charge is 0.250 e. The van der Waals surface area contributed by atoms with E-state index in [4.69, 9.17) is 0 Å². The quantitative estimate of drug-likeness (QED) is 0.478. The summed E-state index contributed by atoms with van der Waals surface area (Å²) in [5, 5.41) is 2.51. The maximum atomic E-state index is 10.6. The van der Waals surface area contributed by atoms with E-state index in [2.05, 4.69) is 33.0 Å². The van der Waals surface area contributed by atoms with Crippen LogP contribution in [0.1, 0.15) is 13.8 Å². The second-order valence-corrected chi connectivity index (χ2v) is 3.25. The molecule has 0 unspecified atom stereocenters. The van der Waals surface area contributed by atoms with Gasteiger partial charge in [-0.2, -0.15) is 0 Å². The third kappa shape index (κ3) is 22.5. The SMILES string of the molecule is C=C(C)C(=O)NC=CC.C[NH+](C)C.[Cl-]. The first-order valence-electron chi connectivity index (χ1n) is 4.26. The topological polar surface area (TPSA) is 33.5 Å². The molecule has 2 N–H and O–H groups in total. The highest BCUT2D eigenvalue weighted by Crippen LogP contribution is 1.83. The summed E-state index contributed by atoms with van der Waals surface area (Å²) in [7, 11) is 6.25. The van der Waals surface area contributed by atoms with Crippen LogP contribution in [0.25, 0.3) is 0 Å². The Morgan fingerprint density at radius 1 is 1.36 bits per heavy atom. The first kappa shape index (κ1) is 18.9. The first-order chi connectivity index (χ1) is 5.91. The fourth-order valence-electron chi connectivity index (χ4n) is 0.282. The Kier molecular flexibility index (Phi) is 16.5. The van der Waals surface area contributed by atoms with Crippen molar-refractivity contribution in [1.29, 1.82) is 0 Å². The van der Waals surface area contributed by atoms with Crippen LogP contribution in [0.15, 0.2) is 24.4 Å². The Hall–Kier alpha value is -0.800. The fourth-order valence-corrected chi connectivity index (χ4v) is 0.282. The van der Waals surface area contributed by atoms with Crippen molar-refractivity contribution >= 4 is 5.91 Å². The summed E-state index contributed by atoms with van der Waals surface area (Å²) >= 11 is 0. The third-order valence-electron chi connectivity index (χ3n) is 0.769. The molecule has 4 heteroatoms. The molecule has 14 heavy (non-hydrogen) atoms. The lowest BCUT2D eigenvalue weighted by Gasteiger charge is -1.94. The lowest BCUT2D eigenvalue weighted by atomic mass is 10.3. The van der Waals surface area contributed by atoms with Gasteiger partial charge in [0.15, 0.2) is 0 Å². The van der Waals surface area contributed by atoms with Crippen LogP contribution in [-0.4, -0.2) is 27.1 Å². The number of allylic oxidation sites excluding steroid dienone is 1. The normalized spacial score (nSPS) is 8.71. The van der Waals surface area contributed by atoms with Crippen molar-refractivity contribution in [1.82, 2.24) is 5.32 Å². The van der Waals surface area contributed by atoms with Gasteiger partial charge in [0.2, 0.25) is 5.91 Å². The van der Waals surface area contributed by atoms with Gasteiger partial charge in [0.25, 0.3) is 0 Å². The van der Waals surface area contributed by atoms with E-state index in [1.165, 1.54) is 4.90 Å². The van der Waals surface area contributed by atoms with Gasteiger partial charge >= 0.3 is 0 Å². The molecule has 0 saturated heterocycles. The molecule has 0 rings (SSSR count). The zero-order chi connectivity index (χ0) is 10.9. The minimum absolute atomic E-state index is 0. The number of hydrogen-bond acceptors (Lipinski definition) is 1. The molecule has 0 spiro atoms. The van der Waals surface area contributed by atoms with Gasteiger partial charge in [-0.25, -0.2) is 0 Å². The maximum absolute atomic E-state index is 10.6. The van der Waals surface area contributed by atoms with Gasteiger partial charge in [0.1, 0.15) is 0 Å². The number of nitrogens with one attached hydrogen (secondary N) is 2. The summed E-state index contributed by atoms with van der Waals surface area (Å²) in [4.78, 5) is 12.1. The fraction of sp³-hybridized carbons (Fsp3) is 0.500. The average molecular weight is 221 g/mol. The number of quaternary nitrogens is 1. The van der Waals surface area contributed by atoms with E-state index in [0.29, 0.717) is 5.57 Å². The number of carbonyl (C=O) groups excluding carboxylic acids is 1. The molecule has 84 valence electrons. The Morgan fingerprint density at radius 3 is 1.93 bits per heavy atom. The van der Waals surface area contributed by atoms with Crippen molar-refractivity contribution in [3.05, 3.63) is 24.4 Å². The van der Waals surface area contributed by atoms with Gasteiger partial charge in [-0.1, -0.05) is 12.7 Å². The van der Waals surface area contributed by atoms with Crippen molar-refractivity contribution in [2.45, 2.75) is 13.8 Å². The highest BCUT2D eigenvalue weighted by atomic mass is 35.5. The first-order valence-corrected chi connectivity index (χ1v) is 4.26. The van der Waals surface area contributed by atoms with Crippen molar-refractivity contribution in [3.8, 4) is 0 Å². The summed E-state index contributed by atoms with van der Waals surface area (Å²) in [5.41, 5.74) is 0.521. The molecule has 0 bridgehead atoms. The molecule has 0 aromatic rings. The van der Waals surface area contributed by atoms with E-state index in [-0.39, 0.29) is 18.3 Å². The summed E-state index contributed by atoms with van der Waals surface area (Å²) in [6.07, 6.45) is 3.33. The molecule has 0 aromatic heterocycles. The number of hydrogen-bond donors (Lipinski definition) is 2. The monoisotopic (exact) mass is 220 g/mol. The lowest BCUT2D eigenvalue weighted by molar-refractivity contribution is -0.836. The highest BCUT2D eigenvalue weighted by molar-refractivity contribution is 5.92. The third-order valence-corrected chi connectivity index (χ3v) is 0.769. The van der Waals surface area contributed by atoms with Crippen LogP contribution in [0.3, 0.4) is 0 Å². The highest BCUT2D eigenvalue weighted by Gasteiger charge is 1.94. The summed E-state index contributed by atoms with van der Waals surface area (Å²) in [6, 6.07) is 0. The molecule has 1 amide bonds. The minimum Gasteiger partial charge on any atom is -1.00 e. The summed E-state index contributed by atoms with van der Waals surface area (Å²) < 4.78 is 0. The van der Waals surface area contributed by atoms with Crippen molar-refractivity contribution in [2.24, 2.45) is 0 Å². The molecule has 0 heterocycles. The summed E-state index contributed by atoms with van der Waals surface area (Å²) in [6.45, 7) is 6.96. The maximum Gasteiger partial charge on any atom is 0.250 e. The van der Waals surface area contributed by atoms with Gasteiger partial charge < -0.3 is 22.6 Å². The van der Waals surface area contributed by atoms with E-state index in [0.717, 1.165) is 0 Å². The Bertz CT molecular complexity index is 186. The molecule has 3 nitrogen and oxygen atoms in total. The molecular formula is C10H21ClN2O. The number of amides is 1.